The van der Waals surface area contributed by atoms with Crippen molar-refractivity contribution < 1.29 is 4.79 Å². The van der Waals surface area contributed by atoms with Crippen LogP contribution in [0.1, 0.15) is 5.56 Å². The van der Waals surface area contributed by atoms with Crippen LogP contribution in [0.4, 0.5) is 5.82 Å². The maximum atomic E-state index is 12.1. The van der Waals surface area contributed by atoms with Crippen molar-refractivity contribution >= 4 is 34.1 Å². The smallest absolute Gasteiger partial charge is 0.229 e. The number of hydrogen-bond donors (Lipinski definition) is 1. The van der Waals surface area contributed by atoms with Gasteiger partial charge < -0.3 is 5.32 Å². The summed E-state index contributed by atoms with van der Waals surface area (Å²) in [5.41, 5.74) is 0.978. The Balaban J connectivity index is 1.80. The lowest BCUT2D eigenvalue weighted by molar-refractivity contribution is -0.115. The van der Waals surface area contributed by atoms with E-state index in [0.29, 0.717) is 11.0 Å². The van der Waals surface area contributed by atoms with E-state index in [1.165, 1.54) is 12.4 Å². The van der Waals surface area contributed by atoms with Gasteiger partial charge in [-0.25, -0.2) is 9.97 Å². The van der Waals surface area contributed by atoms with Gasteiger partial charge in [0.05, 0.1) is 6.42 Å². The Bertz CT molecular complexity index is 799. The molecule has 0 saturated carbocycles. The third-order valence-corrected chi connectivity index (χ3v) is 3.34. The zero-order valence-corrected chi connectivity index (χ0v) is 11.8. The first-order valence-electron chi connectivity index (χ1n) is 6.46. The van der Waals surface area contributed by atoms with Crippen molar-refractivity contribution in [2.45, 2.75) is 6.42 Å². The average Bonchev–Trinajstić information content (AvgIpc) is 2.47. The van der Waals surface area contributed by atoms with Crippen LogP contribution in [-0.4, -0.2) is 15.9 Å². The Hall–Kier alpha value is -2.46. The molecule has 0 saturated heterocycles. The number of fused-ring (bicyclic) bond motifs is 1. The van der Waals surface area contributed by atoms with Crippen molar-refractivity contribution in [1.82, 2.24) is 9.97 Å². The van der Waals surface area contributed by atoms with Crippen molar-refractivity contribution in [3.8, 4) is 0 Å². The van der Waals surface area contributed by atoms with Crippen molar-refractivity contribution in [2.24, 2.45) is 0 Å². The molecule has 0 aliphatic carbocycles. The van der Waals surface area contributed by atoms with Crippen LogP contribution < -0.4 is 5.32 Å². The highest BCUT2D eigenvalue weighted by Crippen LogP contribution is 2.19. The quantitative estimate of drug-likeness (QED) is 0.753. The number of anilines is 1. The predicted octanol–water partition coefficient (Wildman–Crippen LogP) is 3.46. The second-order valence-electron chi connectivity index (χ2n) is 4.59. The highest BCUT2D eigenvalue weighted by molar-refractivity contribution is 6.29. The van der Waals surface area contributed by atoms with Crippen molar-refractivity contribution in [3.63, 3.8) is 0 Å². The largest absolute Gasteiger partial charge is 0.310 e. The normalized spacial score (nSPS) is 10.5. The summed E-state index contributed by atoms with van der Waals surface area (Å²) < 4.78 is 0. The van der Waals surface area contributed by atoms with E-state index in [-0.39, 0.29) is 12.3 Å². The second-order valence-corrected chi connectivity index (χ2v) is 4.98. The lowest BCUT2D eigenvalue weighted by atomic mass is 10.0. The van der Waals surface area contributed by atoms with Crippen LogP contribution in [0.2, 0.25) is 5.15 Å². The van der Waals surface area contributed by atoms with Crippen molar-refractivity contribution in [2.75, 3.05) is 5.32 Å². The molecule has 0 aliphatic rings. The van der Waals surface area contributed by atoms with Crippen LogP contribution >= 0.6 is 11.6 Å². The van der Waals surface area contributed by atoms with E-state index in [1.54, 1.807) is 0 Å². The fourth-order valence-electron chi connectivity index (χ4n) is 2.21. The topological polar surface area (TPSA) is 54.9 Å². The number of nitrogens with one attached hydrogen (secondary N) is 1. The SMILES string of the molecule is O=C(Cc1cccc2ccccc12)Nc1cc(Cl)ncn1. The van der Waals surface area contributed by atoms with E-state index in [2.05, 4.69) is 15.3 Å². The minimum absolute atomic E-state index is 0.138. The Morgan fingerprint density at radius 3 is 2.76 bits per heavy atom. The molecule has 2 aromatic carbocycles. The fraction of sp³-hybridized carbons (Fsp3) is 0.0625. The Labute approximate surface area is 126 Å². The molecule has 1 heterocycles. The van der Waals surface area contributed by atoms with Gasteiger partial charge in [-0.3, -0.25) is 4.79 Å². The summed E-state index contributed by atoms with van der Waals surface area (Å²) in [7, 11) is 0. The molecule has 0 atom stereocenters. The van der Waals surface area contributed by atoms with Gasteiger partial charge in [-0.2, -0.15) is 0 Å². The minimum atomic E-state index is -0.138. The predicted molar refractivity (Wildman–Crippen MR) is 83.3 cm³/mol. The summed E-state index contributed by atoms with van der Waals surface area (Å²) >= 11 is 5.76. The highest BCUT2D eigenvalue weighted by atomic mass is 35.5. The van der Waals surface area contributed by atoms with E-state index >= 15 is 0 Å². The molecule has 0 radical (unpaired) electrons. The van der Waals surface area contributed by atoms with Crippen LogP contribution in [-0.2, 0) is 11.2 Å². The summed E-state index contributed by atoms with van der Waals surface area (Å²) in [5, 5.41) is 5.22. The molecule has 21 heavy (non-hydrogen) atoms. The molecule has 0 unspecified atom stereocenters. The number of halogens is 1. The molecule has 3 aromatic rings. The number of nitrogens with zero attached hydrogens (tertiary/aromatic N) is 2. The zero-order chi connectivity index (χ0) is 14.7. The summed E-state index contributed by atoms with van der Waals surface area (Å²) in [6, 6.07) is 15.4. The number of hydrogen-bond acceptors (Lipinski definition) is 3. The number of carbonyl (C=O) groups excluding carboxylic acids is 1. The molecule has 0 bridgehead atoms. The van der Waals surface area contributed by atoms with Crippen LogP contribution in [0.5, 0.6) is 0 Å². The maximum absolute atomic E-state index is 12.1. The Morgan fingerprint density at radius 1 is 1.10 bits per heavy atom. The molecule has 1 N–H and O–H groups in total. The number of aromatic nitrogens is 2. The van der Waals surface area contributed by atoms with Crippen LogP contribution in [0.15, 0.2) is 54.9 Å². The third kappa shape index (κ3) is 3.17. The number of amides is 1. The molecule has 4 nitrogen and oxygen atoms in total. The average molecular weight is 298 g/mol. The molecule has 0 aliphatic heterocycles. The maximum Gasteiger partial charge on any atom is 0.229 e. The summed E-state index contributed by atoms with van der Waals surface area (Å²) in [6.45, 7) is 0. The van der Waals surface area contributed by atoms with Gasteiger partial charge >= 0.3 is 0 Å². The zero-order valence-electron chi connectivity index (χ0n) is 11.1. The van der Waals surface area contributed by atoms with E-state index < -0.39 is 0 Å². The molecule has 0 fully saturated rings. The highest BCUT2D eigenvalue weighted by Gasteiger charge is 2.08. The summed E-state index contributed by atoms with van der Waals surface area (Å²) in [5.74, 6) is 0.265. The van der Waals surface area contributed by atoms with Gasteiger partial charge in [-0.05, 0) is 16.3 Å². The molecule has 0 spiro atoms. The van der Waals surface area contributed by atoms with Crippen molar-refractivity contribution in [3.05, 3.63) is 65.6 Å². The van der Waals surface area contributed by atoms with Crippen molar-refractivity contribution in [1.29, 1.82) is 0 Å². The van der Waals surface area contributed by atoms with E-state index in [1.807, 2.05) is 42.5 Å². The first kappa shape index (κ1) is 13.5. The second kappa shape index (κ2) is 5.89. The summed E-state index contributed by atoms with van der Waals surface area (Å²) in [4.78, 5) is 19.9. The molecular weight excluding hydrogens is 286 g/mol. The fourth-order valence-corrected chi connectivity index (χ4v) is 2.36. The number of rotatable bonds is 3. The Morgan fingerprint density at radius 2 is 1.90 bits per heavy atom. The lowest BCUT2D eigenvalue weighted by Crippen LogP contribution is -2.15. The van der Waals surface area contributed by atoms with Gasteiger partial charge in [0.15, 0.2) is 0 Å². The van der Waals surface area contributed by atoms with Gasteiger partial charge in [0, 0.05) is 6.07 Å². The first-order chi connectivity index (χ1) is 10.2. The standard InChI is InChI=1S/C16H12ClN3O/c17-14-9-15(19-10-18-14)20-16(21)8-12-6-3-5-11-4-1-2-7-13(11)12/h1-7,9-10H,8H2,(H,18,19,20,21). The lowest BCUT2D eigenvalue weighted by Gasteiger charge is -2.07. The monoisotopic (exact) mass is 297 g/mol. The summed E-state index contributed by atoms with van der Waals surface area (Å²) in [6.07, 6.45) is 1.60. The first-order valence-corrected chi connectivity index (χ1v) is 6.84. The number of carbonyl (C=O) groups is 1. The molecule has 3 rings (SSSR count). The minimum Gasteiger partial charge on any atom is -0.310 e. The molecule has 1 aromatic heterocycles. The Kier molecular flexibility index (Phi) is 3.79. The molecule has 5 heteroatoms. The number of benzene rings is 2. The van der Waals surface area contributed by atoms with Gasteiger partial charge in [-0.15, -0.1) is 0 Å². The molecule has 1 amide bonds. The van der Waals surface area contributed by atoms with E-state index in [4.69, 9.17) is 11.6 Å². The van der Waals surface area contributed by atoms with E-state index in [9.17, 15) is 4.79 Å². The van der Waals surface area contributed by atoms with Crippen LogP contribution in [0, 0.1) is 0 Å². The van der Waals surface area contributed by atoms with E-state index in [0.717, 1.165) is 16.3 Å². The van der Waals surface area contributed by atoms with Crippen LogP contribution in [0.25, 0.3) is 10.8 Å². The van der Waals surface area contributed by atoms with Gasteiger partial charge in [0.1, 0.15) is 17.3 Å². The molecule has 104 valence electrons. The van der Waals surface area contributed by atoms with Gasteiger partial charge in [0.2, 0.25) is 5.91 Å². The van der Waals surface area contributed by atoms with Gasteiger partial charge in [0.25, 0.3) is 0 Å². The third-order valence-electron chi connectivity index (χ3n) is 3.13. The van der Waals surface area contributed by atoms with Gasteiger partial charge in [-0.1, -0.05) is 54.1 Å². The molecular formula is C16H12ClN3O. The van der Waals surface area contributed by atoms with Crippen LogP contribution in [0.3, 0.4) is 0 Å².